The maximum Gasteiger partial charge on any atom is 0.131 e. The van der Waals surface area contributed by atoms with Gasteiger partial charge in [0.1, 0.15) is 11.6 Å². The highest BCUT2D eigenvalue weighted by molar-refractivity contribution is 5.65. The zero-order valence-electron chi connectivity index (χ0n) is 17.8. The van der Waals surface area contributed by atoms with Crippen LogP contribution in [0.2, 0.25) is 0 Å². The Hall–Kier alpha value is -2.22. The van der Waals surface area contributed by atoms with Gasteiger partial charge in [-0.15, -0.1) is 13.2 Å². The van der Waals surface area contributed by atoms with Gasteiger partial charge < -0.3 is 0 Å². The van der Waals surface area contributed by atoms with Crippen molar-refractivity contribution in [2.75, 3.05) is 0 Å². The third-order valence-corrected chi connectivity index (χ3v) is 7.41. The van der Waals surface area contributed by atoms with Crippen LogP contribution in [-0.2, 0) is 6.42 Å². The van der Waals surface area contributed by atoms with Crippen LogP contribution in [0, 0.1) is 29.4 Å². The molecule has 158 valence electrons. The van der Waals surface area contributed by atoms with E-state index in [4.69, 9.17) is 0 Å². The summed E-state index contributed by atoms with van der Waals surface area (Å²) in [7, 11) is 0. The first-order chi connectivity index (χ1) is 14.6. The van der Waals surface area contributed by atoms with E-state index in [9.17, 15) is 4.39 Å². The molecule has 30 heavy (non-hydrogen) atoms. The Morgan fingerprint density at radius 2 is 1.53 bits per heavy atom. The predicted octanol–water partition coefficient (Wildman–Crippen LogP) is 8.24. The number of allylic oxidation sites excluding steroid dienone is 2. The van der Waals surface area contributed by atoms with E-state index in [1.165, 1.54) is 31.7 Å². The van der Waals surface area contributed by atoms with Gasteiger partial charge >= 0.3 is 0 Å². The van der Waals surface area contributed by atoms with Gasteiger partial charge in [0.15, 0.2) is 0 Å². The third kappa shape index (κ3) is 4.43. The molecule has 4 unspecified atom stereocenters. The molecule has 2 fully saturated rings. The quantitative estimate of drug-likeness (QED) is 0.424. The van der Waals surface area contributed by atoms with Crippen molar-refractivity contribution in [3.8, 4) is 11.1 Å². The van der Waals surface area contributed by atoms with E-state index in [1.54, 1.807) is 18.2 Å². The molecule has 2 saturated carbocycles. The normalized spacial score (nSPS) is 26.1. The van der Waals surface area contributed by atoms with Crippen LogP contribution >= 0.6 is 0 Å². The molecule has 4 rings (SSSR count). The summed E-state index contributed by atoms with van der Waals surface area (Å²) in [5, 5.41) is 0. The molecule has 2 aliphatic rings. The van der Waals surface area contributed by atoms with Crippen LogP contribution < -0.4 is 0 Å². The average molecular weight is 407 g/mol. The standard InChI is InChI=1S/C28H32F2/c1-3-5-6-20-8-13-25(27(29)16-20)26-14-12-24(18-28(26)30)23-11-10-21-15-19(4-2)7-9-22(21)17-23/h3-4,8,12-14,16,18-19,21-23H,1-2,5-7,9-11,15,17H2. The smallest absolute Gasteiger partial charge is 0.131 e. The summed E-state index contributed by atoms with van der Waals surface area (Å²) in [6.07, 6.45) is 12.8. The summed E-state index contributed by atoms with van der Waals surface area (Å²) >= 11 is 0. The molecule has 2 aromatic rings. The zero-order valence-corrected chi connectivity index (χ0v) is 17.8. The number of hydrogen-bond acceptors (Lipinski definition) is 0. The summed E-state index contributed by atoms with van der Waals surface area (Å²) in [6.45, 7) is 7.68. The van der Waals surface area contributed by atoms with Gasteiger partial charge in [-0.25, -0.2) is 8.78 Å². The van der Waals surface area contributed by atoms with Crippen molar-refractivity contribution in [2.45, 2.75) is 57.3 Å². The van der Waals surface area contributed by atoms with Crippen LogP contribution in [0.15, 0.2) is 61.7 Å². The summed E-state index contributed by atoms with van der Waals surface area (Å²) in [6, 6.07) is 10.6. The Morgan fingerprint density at radius 1 is 0.833 bits per heavy atom. The predicted molar refractivity (Wildman–Crippen MR) is 121 cm³/mol. The number of fused-ring (bicyclic) bond motifs is 1. The minimum Gasteiger partial charge on any atom is -0.206 e. The summed E-state index contributed by atoms with van der Waals surface area (Å²) in [5.41, 5.74) is 2.68. The maximum atomic E-state index is 15.0. The molecule has 2 aliphatic carbocycles. The molecule has 2 aromatic carbocycles. The van der Waals surface area contributed by atoms with Crippen molar-refractivity contribution in [3.05, 3.63) is 84.5 Å². The average Bonchev–Trinajstić information content (AvgIpc) is 2.77. The molecule has 0 N–H and O–H groups in total. The first kappa shape index (κ1) is 21.0. The van der Waals surface area contributed by atoms with Crippen molar-refractivity contribution in [2.24, 2.45) is 17.8 Å². The number of aryl methyl sites for hydroxylation is 1. The van der Waals surface area contributed by atoms with Gasteiger partial charge in [-0.05, 0) is 98.3 Å². The van der Waals surface area contributed by atoms with Crippen molar-refractivity contribution in [1.82, 2.24) is 0 Å². The molecule has 0 radical (unpaired) electrons. The topological polar surface area (TPSA) is 0 Å². The molecule has 2 heteroatoms. The molecular weight excluding hydrogens is 374 g/mol. The second kappa shape index (κ2) is 9.29. The van der Waals surface area contributed by atoms with E-state index in [0.29, 0.717) is 23.0 Å². The maximum absolute atomic E-state index is 15.0. The molecule has 0 spiro atoms. The summed E-state index contributed by atoms with van der Waals surface area (Å²) in [5.74, 6) is 1.98. The van der Waals surface area contributed by atoms with Crippen LogP contribution in [0.5, 0.6) is 0 Å². The molecular formula is C28H32F2. The lowest BCUT2D eigenvalue weighted by molar-refractivity contribution is 0.133. The van der Waals surface area contributed by atoms with Gasteiger partial charge in [0.25, 0.3) is 0 Å². The highest BCUT2D eigenvalue weighted by atomic mass is 19.1. The number of benzene rings is 2. The Kier molecular flexibility index (Phi) is 6.51. The first-order valence-electron chi connectivity index (χ1n) is 11.4. The fraction of sp³-hybridized carbons (Fsp3) is 0.429. The number of rotatable bonds is 6. The number of halogens is 2. The molecule has 0 heterocycles. The molecule has 0 amide bonds. The van der Waals surface area contributed by atoms with Gasteiger partial charge in [-0.1, -0.05) is 36.4 Å². The van der Waals surface area contributed by atoms with Crippen molar-refractivity contribution in [1.29, 1.82) is 0 Å². The van der Waals surface area contributed by atoms with E-state index < -0.39 is 0 Å². The Morgan fingerprint density at radius 3 is 2.23 bits per heavy atom. The largest absolute Gasteiger partial charge is 0.206 e. The lowest BCUT2D eigenvalue weighted by atomic mass is 9.64. The van der Waals surface area contributed by atoms with Crippen LogP contribution in [0.25, 0.3) is 11.1 Å². The van der Waals surface area contributed by atoms with Crippen LogP contribution in [0.4, 0.5) is 8.78 Å². The second-order valence-electron chi connectivity index (χ2n) is 9.22. The van der Waals surface area contributed by atoms with Crippen LogP contribution in [0.1, 0.15) is 62.0 Å². The first-order valence-corrected chi connectivity index (χ1v) is 11.4. The highest BCUT2D eigenvalue weighted by Crippen LogP contribution is 2.48. The van der Waals surface area contributed by atoms with Crippen molar-refractivity contribution >= 4 is 0 Å². The fourth-order valence-electron chi connectivity index (χ4n) is 5.65. The number of hydrogen-bond donors (Lipinski definition) is 0. The Labute approximate surface area is 179 Å². The van der Waals surface area contributed by atoms with E-state index in [0.717, 1.165) is 48.6 Å². The summed E-state index contributed by atoms with van der Waals surface area (Å²) in [4.78, 5) is 0. The van der Waals surface area contributed by atoms with E-state index in [2.05, 4.69) is 19.2 Å². The zero-order chi connectivity index (χ0) is 21.1. The van der Waals surface area contributed by atoms with Gasteiger partial charge in [-0.2, -0.15) is 0 Å². The molecule has 0 nitrogen and oxygen atoms in total. The fourth-order valence-corrected chi connectivity index (χ4v) is 5.65. The molecule has 0 bridgehead atoms. The van der Waals surface area contributed by atoms with E-state index in [1.807, 2.05) is 18.2 Å². The lowest BCUT2D eigenvalue weighted by Gasteiger charge is -2.41. The minimum absolute atomic E-state index is 0.317. The third-order valence-electron chi connectivity index (χ3n) is 7.41. The highest BCUT2D eigenvalue weighted by Gasteiger charge is 2.35. The molecule has 0 saturated heterocycles. The van der Waals surface area contributed by atoms with Gasteiger partial charge in [0.2, 0.25) is 0 Å². The SMILES string of the molecule is C=CCCc1ccc(-c2ccc(C3CCC4CC(C=C)CCC4C3)cc2F)c(F)c1. The Balaban J connectivity index is 1.49. The van der Waals surface area contributed by atoms with Crippen molar-refractivity contribution < 1.29 is 8.78 Å². The lowest BCUT2D eigenvalue weighted by Crippen LogP contribution is -2.30. The summed E-state index contributed by atoms with van der Waals surface area (Å²) < 4.78 is 29.7. The minimum atomic E-state index is -0.359. The van der Waals surface area contributed by atoms with Gasteiger partial charge in [0, 0.05) is 11.1 Å². The molecule has 0 aliphatic heterocycles. The van der Waals surface area contributed by atoms with E-state index in [-0.39, 0.29) is 11.6 Å². The van der Waals surface area contributed by atoms with Gasteiger partial charge in [-0.3, -0.25) is 0 Å². The molecule has 0 aromatic heterocycles. The van der Waals surface area contributed by atoms with E-state index >= 15 is 4.39 Å². The molecule has 4 atom stereocenters. The van der Waals surface area contributed by atoms with Crippen LogP contribution in [-0.4, -0.2) is 0 Å². The second-order valence-corrected chi connectivity index (χ2v) is 9.22. The monoisotopic (exact) mass is 406 g/mol. The Bertz CT molecular complexity index is 913. The van der Waals surface area contributed by atoms with Crippen molar-refractivity contribution in [3.63, 3.8) is 0 Å². The van der Waals surface area contributed by atoms with Crippen LogP contribution in [0.3, 0.4) is 0 Å². The van der Waals surface area contributed by atoms with Gasteiger partial charge in [0.05, 0.1) is 0 Å².